The molecule has 5 nitrogen and oxygen atoms in total. The lowest BCUT2D eigenvalue weighted by Crippen LogP contribution is -2.56. The number of hydrogen-bond acceptors (Lipinski definition) is 3. The molecule has 118 valence electrons. The molecule has 0 radical (unpaired) electrons. The molecular formula is C17H22N2O3. The zero-order valence-electron chi connectivity index (χ0n) is 12.7. The van der Waals surface area contributed by atoms with Gasteiger partial charge in [0.25, 0.3) is 0 Å². The Morgan fingerprint density at radius 1 is 1.09 bits per heavy atom. The van der Waals surface area contributed by atoms with Crippen LogP contribution in [0.4, 0.5) is 0 Å². The fourth-order valence-corrected chi connectivity index (χ4v) is 3.43. The molecule has 1 unspecified atom stereocenters. The van der Waals surface area contributed by atoms with Gasteiger partial charge in [0, 0.05) is 25.7 Å². The standard InChI is InChI=1S/C17H22N2O3/c20-16(11-13-4-6-14(7-5-13)17(21)22)19-10-9-18-8-2-1-3-15(18)12-19/h4-7,15H,1-3,8-12H2,(H,21,22). The molecule has 1 aromatic carbocycles. The second-order valence-electron chi connectivity index (χ2n) is 6.20. The SMILES string of the molecule is O=C(O)c1ccc(CC(=O)N2CCN3CCCCC3C2)cc1. The first-order valence-electron chi connectivity index (χ1n) is 7.97. The molecule has 0 spiro atoms. The van der Waals surface area contributed by atoms with Crippen molar-refractivity contribution in [1.29, 1.82) is 0 Å². The summed E-state index contributed by atoms with van der Waals surface area (Å²) in [6.45, 7) is 3.80. The molecule has 2 aliphatic heterocycles. The Hall–Kier alpha value is -1.88. The molecule has 2 saturated heterocycles. The minimum atomic E-state index is -0.939. The van der Waals surface area contributed by atoms with Crippen LogP contribution in [0, 0.1) is 0 Å². The van der Waals surface area contributed by atoms with Crippen LogP contribution >= 0.6 is 0 Å². The first-order chi connectivity index (χ1) is 10.6. The quantitative estimate of drug-likeness (QED) is 0.922. The smallest absolute Gasteiger partial charge is 0.335 e. The second-order valence-corrected chi connectivity index (χ2v) is 6.20. The molecule has 0 aliphatic carbocycles. The first-order valence-corrected chi connectivity index (χ1v) is 7.97. The van der Waals surface area contributed by atoms with Gasteiger partial charge in [-0.25, -0.2) is 4.79 Å². The zero-order chi connectivity index (χ0) is 15.5. The lowest BCUT2D eigenvalue weighted by molar-refractivity contribution is -0.134. The van der Waals surface area contributed by atoms with Crippen LogP contribution in [0.15, 0.2) is 24.3 Å². The third-order valence-electron chi connectivity index (χ3n) is 4.75. The largest absolute Gasteiger partial charge is 0.478 e. The summed E-state index contributed by atoms with van der Waals surface area (Å²) in [5.74, 6) is -0.792. The van der Waals surface area contributed by atoms with Gasteiger partial charge < -0.3 is 10.0 Å². The molecule has 1 amide bonds. The van der Waals surface area contributed by atoms with Crippen LogP contribution in [-0.2, 0) is 11.2 Å². The number of rotatable bonds is 3. The molecule has 2 fully saturated rings. The Balaban J connectivity index is 1.58. The number of hydrogen-bond donors (Lipinski definition) is 1. The van der Waals surface area contributed by atoms with E-state index in [0.717, 1.165) is 25.2 Å². The Labute approximate surface area is 130 Å². The van der Waals surface area contributed by atoms with E-state index in [1.807, 2.05) is 4.90 Å². The Morgan fingerprint density at radius 3 is 2.59 bits per heavy atom. The fraction of sp³-hybridized carbons (Fsp3) is 0.529. The highest BCUT2D eigenvalue weighted by Crippen LogP contribution is 2.21. The molecule has 5 heteroatoms. The normalized spacial score (nSPS) is 22.2. The average molecular weight is 302 g/mol. The zero-order valence-corrected chi connectivity index (χ0v) is 12.7. The number of nitrogens with zero attached hydrogens (tertiary/aromatic N) is 2. The van der Waals surface area contributed by atoms with E-state index in [1.54, 1.807) is 24.3 Å². The number of fused-ring (bicyclic) bond motifs is 1. The monoisotopic (exact) mass is 302 g/mol. The number of piperazine rings is 1. The minimum Gasteiger partial charge on any atom is -0.478 e. The van der Waals surface area contributed by atoms with Crippen molar-refractivity contribution in [2.24, 2.45) is 0 Å². The highest BCUT2D eigenvalue weighted by molar-refractivity contribution is 5.87. The maximum absolute atomic E-state index is 12.5. The molecule has 0 aromatic heterocycles. The van der Waals surface area contributed by atoms with E-state index >= 15 is 0 Å². The van der Waals surface area contributed by atoms with E-state index in [0.29, 0.717) is 12.5 Å². The summed E-state index contributed by atoms with van der Waals surface area (Å²) < 4.78 is 0. The first kappa shape index (κ1) is 15.0. The summed E-state index contributed by atoms with van der Waals surface area (Å²) in [5.41, 5.74) is 1.13. The number of carbonyl (C=O) groups excluding carboxylic acids is 1. The van der Waals surface area contributed by atoms with Gasteiger partial charge in [-0.05, 0) is 37.1 Å². The summed E-state index contributed by atoms with van der Waals surface area (Å²) in [6.07, 6.45) is 4.09. The maximum Gasteiger partial charge on any atom is 0.335 e. The fourth-order valence-electron chi connectivity index (χ4n) is 3.43. The van der Waals surface area contributed by atoms with Crippen molar-refractivity contribution >= 4 is 11.9 Å². The molecule has 3 rings (SSSR count). The van der Waals surface area contributed by atoms with E-state index in [1.165, 1.54) is 25.8 Å². The predicted molar refractivity (Wildman–Crippen MR) is 82.9 cm³/mol. The van der Waals surface area contributed by atoms with Gasteiger partial charge in [0.15, 0.2) is 0 Å². The van der Waals surface area contributed by atoms with Crippen LogP contribution < -0.4 is 0 Å². The maximum atomic E-state index is 12.5. The van der Waals surface area contributed by atoms with Crippen molar-refractivity contribution in [2.45, 2.75) is 31.7 Å². The van der Waals surface area contributed by atoms with Gasteiger partial charge in [0.2, 0.25) is 5.91 Å². The topological polar surface area (TPSA) is 60.9 Å². The van der Waals surface area contributed by atoms with Gasteiger partial charge in [0.05, 0.1) is 12.0 Å². The number of carboxylic acid groups (broad SMARTS) is 1. The van der Waals surface area contributed by atoms with E-state index in [2.05, 4.69) is 4.90 Å². The number of aromatic carboxylic acids is 1. The van der Waals surface area contributed by atoms with Gasteiger partial charge in [0.1, 0.15) is 0 Å². The summed E-state index contributed by atoms with van der Waals surface area (Å²) in [6, 6.07) is 7.12. The predicted octanol–water partition coefficient (Wildman–Crippen LogP) is 1.62. The van der Waals surface area contributed by atoms with Gasteiger partial charge >= 0.3 is 5.97 Å². The van der Waals surface area contributed by atoms with E-state index in [9.17, 15) is 9.59 Å². The molecule has 1 atom stereocenters. The number of benzene rings is 1. The van der Waals surface area contributed by atoms with Crippen molar-refractivity contribution in [3.05, 3.63) is 35.4 Å². The molecular weight excluding hydrogens is 280 g/mol. The van der Waals surface area contributed by atoms with Crippen LogP contribution in [0.2, 0.25) is 0 Å². The third kappa shape index (κ3) is 3.30. The Kier molecular flexibility index (Phi) is 4.43. The number of carbonyl (C=O) groups is 2. The molecule has 22 heavy (non-hydrogen) atoms. The van der Waals surface area contributed by atoms with Crippen LogP contribution in [0.25, 0.3) is 0 Å². The van der Waals surface area contributed by atoms with Crippen LogP contribution in [0.3, 0.4) is 0 Å². The lowest BCUT2D eigenvalue weighted by Gasteiger charge is -2.44. The number of amides is 1. The average Bonchev–Trinajstić information content (AvgIpc) is 2.55. The Bertz CT molecular complexity index is 556. The molecule has 0 saturated carbocycles. The summed E-state index contributed by atoms with van der Waals surface area (Å²) >= 11 is 0. The van der Waals surface area contributed by atoms with Crippen molar-refractivity contribution in [3.63, 3.8) is 0 Å². The molecule has 2 heterocycles. The summed E-state index contributed by atoms with van der Waals surface area (Å²) in [7, 11) is 0. The third-order valence-corrected chi connectivity index (χ3v) is 4.75. The van der Waals surface area contributed by atoms with Gasteiger partial charge in [-0.15, -0.1) is 0 Å². The Morgan fingerprint density at radius 2 is 1.86 bits per heavy atom. The molecule has 1 N–H and O–H groups in total. The van der Waals surface area contributed by atoms with E-state index < -0.39 is 5.97 Å². The lowest BCUT2D eigenvalue weighted by atomic mass is 9.99. The van der Waals surface area contributed by atoms with Crippen molar-refractivity contribution in [3.8, 4) is 0 Å². The molecule has 0 bridgehead atoms. The van der Waals surface area contributed by atoms with Gasteiger partial charge in [-0.1, -0.05) is 18.6 Å². The number of carboxylic acids is 1. The summed E-state index contributed by atoms with van der Waals surface area (Å²) in [4.78, 5) is 27.8. The van der Waals surface area contributed by atoms with Crippen LogP contribution in [0.1, 0.15) is 35.2 Å². The van der Waals surface area contributed by atoms with Gasteiger partial charge in [-0.3, -0.25) is 9.69 Å². The highest BCUT2D eigenvalue weighted by atomic mass is 16.4. The van der Waals surface area contributed by atoms with Crippen LogP contribution in [-0.4, -0.2) is 59.0 Å². The van der Waals surface area contributed by atoms with Crippen LogP contribution in [0.5, 0.6) is 0 Å². The van der Waals surface area contributed by atoms with E-state index in [4.69, 9.17) is 5.11 Å². The van der Waals surface area contributed by atoms with Crippen molar-refractivity contribution in [1.82, 2.24) is 9.80 Å². The number of piperidine rings is 1. The highest BCUT2D eigenvalue weighted by Gasteiger charge is 2.30. The molecule has 2 aliphatic rings. The van der Waals surface area contributed by atoms with Crippen molar-refractivity contribution in [2.75, 3.05) is 26.2 Å². The minimum absolute atomic E-state index is 0.147. The summed E-state index contributed by atoms with van der Waals surface area (Å²) in [5, 5.41) is 8.89. The van der Waals surface area contributed by atoms with Crippen molar-refractivity contribution < 1.29 is 14.7 Å². The molecule has 1 aromatic rings. The second kappa shape index (κ2) is 6.48. The van der Waals surface area contributed by atoms with E-state index in [-0.39, 0.29) is 11.5 Å². The van der Waals surface area contributed by atoms with Gasteiger partial charge in [-0.2, -0.15) is 0 Å².